The predicted octanol–water partition coefficient (Wildman–Crippen LogP) is 3.31. The lowest BCUT2D eigenvalue weighted by molar-refractivity contribution is 0.0755. The molecule has 3 rings (SSSR count). The summed E-state index contributed by atoms with van der Waals surface area (Å²) in [6.45, 7) is 4.93. The fourth-order valence-electron chi connectivity index (χ4n) is 2.49. The molecule has 0 saturated heterocycles. The third-order valence-electron chi connectivity index (χ3n) is 3.51. The maximum absolute atomic E-state index is 12.2. The van der Waals surface area contributed by atoms with Gasteiger partial charge in [0, 0.05) is 5.56 Å². The number of rotatable bonds is 5. The molecule has 0 aromatic heterocycles. The molecular weight excluding hydrogens is 294 g/mol. The lowest BCUT2D eigenvalue weighted by Crippen LogP contribution is -2.36. The van der Waals surface area contributed by atoms with Crippen molar-refractivity contribution in [2.45, 2.75) is 20.1 Å². The molecule has 0 unspecified atom stereocenters. The van der Waals surface area contributed by atoms with E-state index in [1.165, 1.54) is 0 Å². The number of carbonyl (C=O) groups excluding carboxylic acids is 1. The van der Waals surface area contributed by atoms with Crippen molar-refractivity contribution in [3.05, 3.63) is 53.6 Å². The Morgan fingerprint density at radius 3 is 2.57 bits per heavy atom. The molecule has 2 aromatic carbocycles. The average molecular weight is 313 g/mol. The Balaban J connectivity index is 1.90. The largest absolute Gasteiger partial charge is 0.490 e. The molecule has 1 N–H and O–H groups in total. The highest BCUT2D eigenvalue weighted by Crippen LogP contribution is 2.34. The van der Waals surface area contributed by atoms with E-state index in [-0.39, 0.29) is 5.91 Å². The summed E-state index contributed by atoms with van der Waals surface area (Å²) < 4.78 is 17.1. The van der Waals surface area contributed by atoms with E-state index in [1.54, 1.807) is 12.1 Å². The third kappa shape index (κ3) is 3.08. The first kappa shape index (κ1) is 15.2. The van der Waals surface area contributed by atoms with Crippen LogP contribution < -0.4 is 19.5 Å². The number of hydrogen-bond donors (Lipinski definition) is 1. The van der Waals surface area contributed by atoms with Gasteiger partial charge in [-0.1, -0.05) is 12.1 Å². The average Bonchev–Trinajstić information content (AvgIpc) is 2.57. The van der Waals surface area contributed by atoms with E-state index >= 15 is 0 Å². The van der Waals surface area contributed by atoms with Gasteiger partial charge in [-0.15, -0.1) is 0 Å². The molecule has 1 aliphatic heterocycles. The van der Waals surface area contributed by atoms with Crippen molar-refractivity contribution in [3.8, 4) is 17.2 Å². The molecule has 1 aliphatic rings. The van der Waals surface area contributed by atoms with Crippen molar-refractivity contribution in [3.63, 3.8) is 0 Å². The van der Waals surface area contributed by atoms with Gasteiger partial charge in [0.1, 0.15) is 5.75 Å². The molecule has 0 bridgehead atoms. The molecule has 0 aliphatic carbocycles. The van der Waals surface area contributed by atoms with Crippen molar-refractivity contribution < 1.29 is 19.0 Å². The maximum atomic E-state index is 12.2. The molecule has 5 nitrogen and oxygen atoms in total. The first-order chi connectivity index (χ1) is 11.2. The summed E-state index contributed by atoms with van der Waals surface area (Å²) in [4.78, 5) is 12.2. The molecule has 0 fully saturated rings. The molecule has 1 heterocycles. The highest BCUT2D eigenvalue weighted by Gasteiger charge is 2.26. The molecule has 5 heteroatoms. The van der Waals surface area contributed by atoms with Gasteiger partial charge in [0.25, 0.3) is 5.91 Å². The summed E-state index contributed by atoms with van der Waals surface area (Å²) in [7, 11) is 0. The molecule has 0 saturated carbocycles. The van der Waals surface area contributed by atoms with Crippen LogP contribution >= 0.6 is 0 Å². The molecule has 1 amide bonds. The summed E-state index contributed by atoms with van der Waals surface area (Å²) in [6, 6.07) is 12.7. The van der Waals surface area contributed by atoms with Gasteiger partial charge in [-0.05, 0) is 44.2 Å². The van der Waals surface area contributed by atoms with E-state index in [1.807, 2.05) is 44.2 Å². The van der Waals surface area contributed by atoms with Gasteiger partial charge < -0.3 is 19.5 Å². The Morgan fingerprint density at radius 2 is 1.78 bits per heavy atom. The molecule has 120 valence electrons. The second-order valence-corrected chi connectivity index (χ2v) is 5.04. The number of ether oxygens (including phenoxy) is 3. The first-order valence-electron chi connectivity index (χ1n) is 7.69. The summed E-state index contributed by atoms with van der Waals surface area (Å²) >= 11 is 0. The minimum Gasteiger partial charge on any atom is -0.490 e. The normalized spacial score (nSPS) is 16.1. The number of hydrogen-bond acceptors (Lipinski definition) is 4. The smallest absolute Gasteiger partial charge is 0.258 e. The zero-order chi connectivity index (χ0) is 16.2. The molecule has 23 heavy (non-hydrogen) atoms. The Labute approximate surface area is 135 Å². The summed E-state index contributed by atoms with van der Waals surface area (Å²) in [5.74, 6) is 1.75. The summed E-state index contributed by atoms with van der Waals surface area (Å²) in [5.41, 5.74) is 1.35. The highest BCUT2D eigenvalue weighted by atomic mass is 16.5. The zero-order valence-electron chi connectivity index (χ0n) is 13.2. The number of fused-ring (bicyclic) bond motifs is 1. The van der Waals surface area contributed by atoms with Crippen LogP contribution in [-0.4, -0.2) is 19.1 Å². The van der Waals surface area contributed by atoms with Crippen molar-refractivity contribution in [2.24, 2.45) is 0 Å². The number of para-hydroxylation sites is 1. The van der Waals surface area contributed by atoms with E-state index < -0.39 is 6.23 Å². The van der Waals surface area contributed by atoms with Crippen LogP contribution in [0.4, 0.5) is 0 Å². The number of benzene rings is 2. The maximum Gasteiger partial charge on any atom is 0.258 e. The van der Waals surface area contributed by atoms with E-state index in [9.17, 15) is 4.79 Å². The van der Waals surface area contributed by atoms with Crippen LogP contribution in [0.2, 0.25) is 0 Å². The van der Waals surface area contributed by atoms with Crippen LogP contribution in [0.25, 0.3) is 0 Å². The predicted molar refractivity (Wildman–Crippen MR) is 86.1 cm³/mol. The van der Waals surface area contributed by atoms with Gasteiger partial charge in [0.05, 0.1) is 18.8 Å². The topological polar surface area (TPSA) is 56.8 Å². The zero-order valence-corrected chi connectivity index (χ0v) is 13.2. The van der Waals surface area contributed by atoms with Gasteiger partial charge in [-0.25, -0.2) is 0 Å². The van der Waals surface area contributed by atoms with Gasteiger partial charge >= 0.3 is 0 Å². The number of nitrogens with one attached hydrogen (secondary N) is 1. The summed E-state index contributed by atoms with van der Waals surface area (Å²) in [5, 5.41) is 2.85. The van der Waals surface area contributed by atoms with Crippen LogP contribution in [-0.2, 0) is 0 Å². The SMILES string of the molecule is CCOc1ccc([C@H]2NC(=O)c3ccccc3O2)cc1OCC. The monoisotopic (exact) mass is 313 g/mol. The van der Waals surface area contributed by atoms with Crippen molar-refractivity contribution in [1.82, 2.24) is 5.32 Å². The summed E-state index contributed by atoms with van der Waals surface area (Å²) in [6.07, 6.45) is -0.549. The highest BCUT2D eigenvalue weighted by molar-refractivity contribution is 5.98. The third-order valence-corrected chi connectivity index (χ3v) is 3.51. The molecule has 0 radical (unpaired) electrons. The van der Waals surface area contributed by atoms with Crippen molar-refractivity contribution in [2.75, 3.05) is 13.2 Å². The van der Waals surface area contributed by atoms with Gasteiger partial charge in [0.2, 0.25) is 0 Å². The van der Waals surface area contributed by atoms with Crippen LogP contribution in [0.5, 0.6) is 17.2 Å². The second kappa shape index (κ2) is 6.60. The van der Waals surface area contributed by atoms with E-state index in [2.05, 4.69) is 5.32 Å². The first-order valence-corrected chi connectivity index (χ1v) is 7.69. The molecular formula is C18H19NO4. The van der Waals surface area contributed by atoms with Crippen molar-refractivity contribution in [1.29, 1.82) is 0 Å². The second-order valence-electron chi connectivity index (χ2n) is 5.04. The molecule has 1 atom stereocenters. The molecule has 0 spiro atoms. The van der Waals surface area contributed by atoms with Gasteiger partial charge in [0.15, 0.2) is 17.7 Å². The number of amides is 1. The van der Waals surface area contributed by atoms with Crippen molar-refractivity contribution >= 4 is 5.91 Å². The van der Waals surface area contributed by atoms with Gasteiger partial charge in [-0.3, -0.25) is 4.79 Å². The lowest BCUT2D eigenvalue weighted by atomic mass is 10.1. The van der Waals surface area contributed by atoms with Crippen LogP contribution in [0.1, 0.15) is 36.0 Å². The van der Waals surface area contributed by atoms with Gasteiger partial charge in [-0.2, -0.15) is 0 Å². The fourth-order valence-corrected chi connectivity index (χ4v) is 2.49. The van der Waals surface area contributed by atoms with Crippen LogP contribution in [0.3, 0.4) is 0 Å². The lowest BCUT2D eigenvalue weighted by Gasteiger charge is -2.27. The van der Waals surface area contributed by atoms with E-state index in [0.29, 0.717) is 36.0 Å². The standard InChI is InChI=1S/C18H19NO4/c1-3-21-15-10-9-12(11-16(15)22-4-2)18-19-17(20)13-7-5-6-8-14(13)23-18/h5-11,18H,3-4H2,1-2H3,(H,19,20)/t18-/m0/s1. The van der Waals surface area contributed by atoms with E-state index in [4.69, 9.17) is 14.2 Å². The quantitative estimate of drug-likeness (QED) is 0.920. The Hall–Kier alpha value is -2.69. The van der Waals surface area contributed by atoms with E-state index in [0.717, 1.165) is 5.56 Å². The Bertz CT molecular complexity index is 714. The van der Waals surface area contributed by atoms with Crippen LogP contribution in [0, 0.1) is 0 Å². The Morgan fingerprint density at radius 1 is 1.04 bits per heavy atom. The molecule has 2 aromatic rings. The number of carbonyl (C=O) groups is 1. The Kier molecular flexibility index (Phi) is 4.37. The minimum absolute atomic E-state index is 0.149. The fraction of sp³-hybridized carbons (Fsp3) is 0.278. The minimum atomic E-state index is -0.549. The van der Waals surface area contributed by atoms with Crippen LogP contribution in [0.15, 0.2) is 42.5 Å².